The number of cyclic esters (lactones) is 1. The molecule has 0 aromatic heterocycles. The molecular formula is C32H27FO3Si. The molecule has 1 aliphatic heterocycles. The predicted octanol–water partition coefficient (Wildman–Crippen LogP) is 4.13. The third kappa shape index (κ3) is 4.86. The Morgan fingerprint density at radius 1 is 0.730 bits per heavy atom. The van der Waals surface area contributed by atoms with Crippen LogP contribution in [0.3, 0.4) is 0 Å². The van der Waals surface area contributed by atoms with E-state index in [1.807, 2.05) is 54.6 Å². The van der Waals surface area contributed by atoms with Gasteiger partial charge in [-0.2, -0.15) is 0 Å². The smallest absolute Gasteiger partial charge is 0.354 e. The van der Waals surface area contributed by atoms with E-state index in [1.165, 1.54) is 12.1 Å². The Morgan fingerprint density at radius 2 is 1.19 bits per heavy atom. The summed E-state index contributed by atoms with van der Waals surface area (Å²) in [5.41, 5.74) is 2.86. The van der Waals surface area contributed by atoms with E-state index < -0.39 is 25.4 Å². The minimum Gasteiger partial charge on any atom is -0.431 e. The highest BCUT2D eigenvalue weighted by Gasteiger charge is 2.54. The molecule has 0 N–H and O–H groups in total. The number of ether oxygens (including phenoxy) is 2. The average molecular weight is 507 g/mol. The van der Waals surface area contributed by atoms with Gasteiger partial charge in [-0.25, -0.2) is 9.18 Å². The maximum atomic E-state index is 13.6. The normalized spacial score (nSPS) is 18.5. The number of hydrogen-bond acceptors (Lipinski definition) is 3. The quantitative estimate of drug-likeness (QED) is 0.177. The Bertz CT molecular complexity index is 1350. The van der Waals surface area contributed by atoms with Gasteiger partial charge in [0, 0.05) is 20.3 Å². The van der Waals surface area contributed by atoms with Gasteiger partial charge in [0.05, 0.1) is 0 Å². The molecular weight excluding hydrogens is 479 g/mol. The van der Waals surface area contributed by atoms with Gasteiger partial charge in [0.25, 0.3) is 0 Å². The summed E-state index contributed by atoms with van der Waals surface area (Å²) >= 11 is 0. The molecule has 0 amide bonds. The predicted molar refractivity (Wildman–Crippen MR) is 146 cm³/mol. The molecule has 37 heavy (non-hydrogen) atoms. The summed E-state index contributed by atoms with van der Waals surface area (Å²) in [5.74, 6) is 1.30. The second kappa shape index (κ2) is 9.82. The van der Waals surface area contributed by atoms with Gasteiger partial charge < -0.3 is 9.47 Å². The van der Waals surface area contributed by atoms with Crippen LogP contribution >= 0.6 is 0 Å². The summed E-state index contributed by atoms with van der Waals surface area (Å²) in [6.45, 7) is 3.41. The lowest BCUT2D eigenvalue weighted by molar-refractivity contribution is -0.162. The third-order valence-corrected chi connectivity index (χ3v) is 10.6. The second-order valence-corrected chi connectivity index (χ2v) is 13.1. The number of esters is 1. The van der Waals surface area contributed by atoms with Crippen LogP contribution in [0.5, 0.6) is 0 Å². The highest BCUT2D eigenvalue weighted by Crippen LogP contribution is 2.35. The van der Waals surface area contributed by atoms with Crippen LogP contribution in [-0.4, -0.2) is 25.4 Å². The van der Waals surface area contributed by atoms with Gasteiger partial charge in [-0.05, 0) is 33.3 Å². The van der Waals surface area contributed by atoms with E-state index in [1.54, 1.807) is 26.0 Å². The van der Waals surface area contributed by atoms with Gasteiger partial charge in [0.15, 0.2) is 0 Å². The first kappa shape index (κ1) is 24.7. The molecule has 4 aromatic carbocycles. The van der Waals surface area contributed by atoms with Crippen LogP contribution in [0.1, 0.15) is 19.4 Å². The fourth-order valence-electron chi connectivity index (χ4n) is 4.88. The highest BCUT2D eigenvalue weighted by atomic mass is 28.3. The first-order chi connectivity index (χ1) is 17.8. The molecule has 1 atom stereocenters. The Kier molecular flexibility index (Phi) is 6.55. The van der Waals surface area contributed by atoms with Crippen LogP contribution in [-0.2, 0) is 20.7 Å². The Morgan fingerprint density at radius 3 is 1.59 bits per heavy atom. The van der Waals surface area contributed by atoms with E-state index in [4.69, 9.17) is 9.47 Å². The van der Waals surface area contributed by atoms with Crippen molar-refractivity contribution >= 4 is 29.6 Å². The molecule has 5 heteroatoms. The summed E-state index contributed by atoms with van der Waals surface area (Å²) in [7, 11) is -2.95. The zero-order chi connectivity index (χ0) is 25.9. The fraction of sp³-hybridized carbons (Fsp3) is 0.156. The molecule has 184 valence electrons. The van der Waals surface area contributed by atoms with Crippen molar-refractivity contribution in [2.24, 2.45) is 0 Å². The van der Waals surface area contributed by atoms with Crippen LogP contribution in [0.25, 0.3) is 0 Å². The summed E-state index contributed by atoms with van der Waals surface area (Å²) in [6, 6.07) is 36.7. The molecule has 0 aliphatic carbocycles. The second-order valence-electron chi connectivity index (χ2n) is 9.62. The van der Waals surface area contributed by atoms with Crippen molar-refractivity contribution in [3.63, 3.8) is 0 Å². The number of carbonyl (C=O) groups is 1. The van der Waals surface area contributed by atoms with E-state index in [-0.39, 0.29) is 12.2 Å². The minimum atomic E-state index is -2.95. The van der Waals surface area contributed by atoms with Crippen LogP contribution in [0, 0.1) is 17.3 Å². The minimum absolute atomic E-state index is 0.144. The summed E-state index contributed by atoms with van der Waals surface area (Å²) in [4.78, 5) is 13.4. The fourth-order valence-corrected chi connectivity index (χ4v) is 8.78. The van der Waals surface area contributed by atoms with Crippen molar-refractivity contribution in [1.29, 1.82) is 0 Å². The number of rotatable bonds is 5. The SMILES string of the molecule is CC1(C)OC(=O)[C@](C#C[Si](c2ccccc2)(c2ccccc2)c2ccccc2)(Cc2ccc(F)cc2)O1. The van der Waals surface area contributed by atoms with Gasteiger partial charge in [-0.15, -0.1) is 5.54 Å². The molecule has 0 bridgehead atoms. The third-order valence-electron chi connectivity index (χ3n) is 6.53. The molecule has 4 aromatic rings. The van der Waals surface area contributed by atoms with Crippen molar-refractivity contribution in [3.05, 3.63) is 127 Å². The number of benzene rings is 4. The largest absolute Gasteiger partial charge is 0.431 e. The van der Waals surface area contributed by atoms with Gasteiger partial charge in [-0.1, -0.05) is 109 Å². The lowest BCUT2D eigenvalue weighted by Gasteiger charge is -2.29. The maximum absolute atomic E-state index is 13.6. The van der Waals surface area contributed by atoms with Crippen molar-refractivity contribution < 1.29 is 18.7 Å². The molecule has 1 saturated heterocycles. The molecule has 0 spiro atoms. The van der Waals surface area contributed by atoms with E-state index in [2.05, 4.69) is 47.9 Å². The molecule has 0 radical (unpaired) electrons. The molecule has 1 heterocycles. The van der Waals surface area contributed by atoms with Gasteiger partial charge in [0.1, 0.15) is 5.82 Å². The average Bonchev–Trinajstić information content (AvgIpc) is 3.15. The van der Waals surface area contributed by atoms with Gasteiger partial charge in [0.2, 0.25) is 19.5 Å². The topological polar surface area (TPSA) is 35.5 Å². The lowest BCUT2D eigenvalue weighted by atomic mass is 9.95. The zero-order valence-corrected chi connectivity index (χ0v) is 21.8. The van der Waals surface area contributed by atoms with Crippen LogP contribution < -0.4 is 15.6 Å². The van der Waals surface area contributed by atoms with Gasteiger partial charge in [-0.3, -0.25) is 0 Å². The van der Waals surface area contributed by atoms with Crippen molar-refractivity contribution in [3.8, 4) is 11.5 Å². The standard InChI is InChI=1S/C32H27FO3Si/c1-31(2)35-30(34)32(36-31,24-25-18-20-26(33)21-19-25)22-23-37(27-12-6-3-7-13-27,28-14-8-4-9-15-28)29-16-10-5-11-17-29/h3-21H,24H2,1-2H3/t32-/m0/s1. The van der Waals surface area contributed by atoms with E-state index in [0.717, 1.165) is 21.1 Å². The molecule has 0 unspecified atom stereocenters. The summed E-state index contributed by atoms with van der Waals surface area (Å²) in [5, 5.41) is 3.30. The monoisotopic (exact) mass is 506 g/mol. The summed E-state index contributed by atoms with van der Waals surface area (Å²) < 4.78 is 25.5. The first-order valence-corrected chi connectivity index (χ1v) is 14.2. The first-order valence-electron chi connectivity index (χ1n) is 12.2. The molecule has 1 fully saturated rings. The molecule has 1 aliphatic rings. The number of hydrogen-bond donors (Lipinski definition) is 0. The number of halogens is 1. The Hall–Kier alpha value is -3.98. The van der Waals surface area contributed by atoms with Gasteiger partial charge >= 0.3 is 5.97 Å². The van der Waals surface area contributed by atoms with E-state index in [0.29, 0.717) is 0 Å². The summed E-state index contributed by atoms with van der Waals surface area (Å²) in [6.07, 6.45) is 0.144. The molecule has 0 saturated carbocycles. The molecule has 5 rings (SSSR count). The van der Waals surface area contributed by atoms with Crippen LogP contribution in [0.15, 0.2) is 115 Å². The maximum Gasteiger partial charge on any atom is 0.354 e. The van der Waals surface area contributed by atoms with E-state index >= 15 is 0 Å². The Balaban J connectivity index is 1.76. The highest BCUT2D eigenvalue weighted by molar-refractivity contribution is 7.16. The van der Waals surface area contributed by atoms with E-state index in [9.17, 15) is 9.18 Å². The van der Waals surface area contributed by atoms with Crippen LogP contribution in [0.2, 0.25) is 0 Å². The Labute approximate surface area is 217 Å². The van der Waals surface area contributed by atoms with Crippen molar-refractivity contribution in [2.45, 2.75) is 31.7 Å². The molecule has 3 nitrogen and oxygen atoms in total. The number of carbonyl (C=O) groups excluding carboxylic acids is 1. The van der Waals surface area contributed by atoms with Crippen molar-refractivity contribution in [1.82, 2.24) is 0 Å². The van der Waals surface area contributed by atoms with Crippen LogP contribution in [0.4, 0.5) is 4.39 Å². The zero-order valence-electron chi connectivity index (χ0n) is 20.8. The lowest BCUT2D eigenvalue weighted by Crippen LogP contribution is -2.66. The van der Waals surface area contributed by atoms with Crippen molar-refractivity contribution in [2.75, 3.05) is 0 Å².